The fourth-order valence-corrected chi connectivity index (χ4v) is 2.98. The Bertz CT molecular complexity index is 530. The Kier molecular flexibility index (Phi) is 3.96. The molecule has 0 radical (unpaired) electrons. The van der Waals surface area contributed by atoms with Crippen LogP contribution in [-0.4, -0.2) is 11.8 Å². The van der Waals surface area contributed by atoms with Crippen LogP contribution in [0.3, 0.4) is 0 Å². The second-order valence-corrected chi connectivity index (χ2v) is 5.78. The molecular weight excluding hydrogens is 242 g/mol. The van der Waals surface area contributed by atoms with Gasteiger partial charge in [-0.3, -0.25) is 4.99 Å². The van der Waals surface area contributed by atoms with E-state index in [9.17, 15) is 0 Å². The van der Waals surface area contributed by atoms with Gasteiger partial charge in [-0.05, 0) is 25.2 Å². The Balaban J connectivity index is 1.98. The lowest BCUT2D eigenvalue weighted by Gasteiger charge is -2.11. The molecule has 0 N–H and O–H groups in total. The summed E-state index contributed by atoms with van der Waals surface area (Å²) in [5.74, 6) is 0.816. The smallest absolute Gasteiger partial charge is 0.0722 e. The van der Waals surface area contributed by atoms with E-state index in [4.69, 9.17) is 4.99 Å². The molecule has 1 heteroatoms. The van der Waals surface area contributed by atoms with Gasteiger partial charge < -0.3 is 0 Å². The van der Waals surface area contributed by atoms with Crippen LogP contribution in [0, 0.1) is 5.92 Å². The fourth-order valence-electron chi connectivity index (χ4n) is 2.98. The molecule has 0 saturated heterocycles. The molecule has 1 fully saturated rings. The average Bonchev–Trinajstić information content (AvgIpc) is 2.92. The molecule has 20 heavy (non-hydrogen) atoms. The summed E-state index contributed by atoms with van der Waals surface area (Å²) in [4.78, 5) is 5.08. The van der Waals surface area contributed by atoms with Gasteiger partial charge in [0.25, 0.3) is 0 Å². The van der Waals surface area contributed by atoms with E-state index in [1.807, 2.05) is 0 Å². The molecule has 0 unspecified atom stereocenters. The molecule has 0 bridgehead atoms. The second kappa shape index (κ2) is 6.04. The molecule has 1 aliphatic carbocycles. The molecule has 102 valence electrons. The normalized spacial score (nSPS) is 21.6. The van der Waals surface area contributed by atoms with Crippen LogP contribution in [0.15, 0.2) is 65.7 Å². The van der Waals surface area contributed by atoms with Gasteiger partial charge in [0.2, 0.25) is 0 Å². The van der Waals surface area contributed by atoms with Crippen molar-refractivity contribution in [2.45, 2.75) is 32.2 Å². The van der Waals surface area contributed by atoms with E-state index in [2.05, 4.69) is 67.6 Å². The first-order valence-electron chi connectivity index (χ1n) is 7.51. The average molecular weight is 263 g/mol. The molecule has 3 rings (SSSR count). The lowest BCUT2D eigenvalue weighted by atomic mass is 10.0. The molecule has 1 saturated carbocycles. The van der Waals surface area contributed by atoms with Gasteiger partial charge in [0, 0.05) is 11.1 Å². The Hall–Kier alpha value is -1.89. The van der Waals surface area contributed by atoms with Crippen LogP contribution < -0.4 is 0 Å². The van der Waals surface area contributed by atoms with Gasteiger partial charge in [-0.15, -0.1) is 0 Å². The minimum Gasteiger partial charge on any atom is -0.281 e. The molecule has 2 aromatic carbocycles. The third kappa shape index (κ3) is 2.98. The Morgan fingerprint density at radius 3 is 1.85 bits per heavy atom. The SMILES string of the molecule is C[C@H]1CC[C@@H](N=C(c2ccccc2)c2ccccc2)C1. The third-order valence-electron chi connectivity index (χ3n) is 4.07. The van der Waals surface area contributed by atoms with Crippen LogP contribution in [0.1, 0.15) is 37.3 Å². The van der Waals surface area contributed by atoms with Crippen LogP contribution in [0.25, 0.3) is 0 Å². The summed E-state index contributed by atoms with van der Waals surface area (Å²) in [5.41, 5.74) is 3.59. The summed E-state index contributed by atoms with van der Waals surface area (Å²) in [6.07, 6.45) is 3.76. The van der Waals surface area contributed by atoms with Gasteiger partial charge in [-0.25, -0.2) is 0 Å². The van der Waals surface area contributed by atoms with Crippen LogP contribution >= 0.6 is 0 Å². The van der Waals surface area contributed by atoms with E-state index >= 15 is 0 Å². The molecule has 2 aromatic rings. The van der Waals surface area contributed by atoms with Gasteiger partial charge >= 0.3 is 0 Å². The number of aliphatic imine (C=N–C) groups is 1. The van der Waals surface area contributed by atoms with E-state index in [1.54, 1.807) is 0 Å². The maximum atomic E-state index is 5.08. The van der Waals surface area contributed by atoms with Gasteiger partial charge in [0.05, 0.1) is 11.8 Å². The van der Waals surface area contributed by atoms with Gasteiger partial charge in [-0.2, -0.15) is 0 Å². The Morgan fingerprint density at radius 1 is 0.850 bits per heavy atom. The number of benzene rings is 2. The van der Waals surface area contributed by atoms with Crippen molar-refractivity contribution in [2.24, 2.45) is 10.9 Å². The van der Waals surface area contributed by atoms with Crippen molar-refractivity contribution >= 4 is 5.71 Å². The van der Waals surface area contributed by atoms with Crippen molar-refractivity contribution < 1.29 is 0 Å². The van der Waals surface area contributed by atoms with E-state index in [-0.39, 0.29) is 0 Å². The molecule has 0 aromatic heterocycles. The highest BCUT2D eigenvalue weighted by molar-refractivity contribution is 6.12. The number of nitrogens with zero attached hydrogens (tertiary/aromatic N) is 1. The van der Waals surface area contributed by atoms with Crippen molar-refractivity contribution in [1.82, 2.24) is 0 Å². The van der Waals surface area contributed by atoms with Crippen molar-refractivity contribution in [3.8, 4) is 0 Å². The first kappa shape index (κ1) is 13.1. The highest BCUT2D eigenvalue weighted by Crippen LogP contribution is 2.28. The molecule has 2 atom stereocenters. The minimum absolute atomic E-state index is 0.486. The molecular formula is C19H21N. The number of hydrogen-bond donors (Lipinski definition) is 0. The zero-order valence-corrected chi connectivity index (χ0v) is 12.0. The van der Waals surface area contributed by atoms with Crippen LogP contribution in [0.2, 0.25) is 0 Å². The van der Waals surface area contributed by atoms with Crippen molar-refractivity contribution in [2.75, 3.05) is 0 Å². The minimum atomic E-state index is 0.486. The molecule has 0 heterocycles. The maximum Gasteiger partial charge on any atom is 0.0722 e. The third-order valence-corrected chi connectivity index (χ3v) is 4.07. The monoisotopic (exact) mass is 263 g/mol. The summed E-state index contributed by atoms with van der Waals surface area (Å²) in [6, 6.07) is 21.6. The Morgan fingerprint density at radius 2 is 1.40 bits per heavy atom. The largest absolute Gasteiger partial charge is 0.281 e. The molecule has 0 aliphatic heterocycles. The molecule has 1 nitrogen and oxygen atoms in total. The summed E-state index contributed by atoms with van der Waals surface area (Å²) < 4.78 is 0. The first-order chi connectivity index (χ1) is 9.83. The summed E-state index contributed by atoms with van der Waals surface area (Å²) in [6.45, 7) is 2.33. The predicted molar refractivity (Wildman–Crippen MR) is 85.3 cm³/mol. The zero-order chi connectivity index (χ0) is 13.8. The van der Waals surface area contributed by atoms with Gasteiger partial charge in [0.1, 0.15) is 0 Å². The van der Waals surface area contributed by atoms with Crippen LogP contribution in [0.4, 0.5) is 0 Å². The highest BCUT2D eigenvalue weighted by Gasteiger charge is 2.21. The van der Waals surface area contributed by atoms with Gasteiger partial charge in [0.15, 0.2) is 0 Å². The maximum absolute atomic E-state index is 5.08. The van der Waals surface area contributed by atoms with Crippen molar-refractivity contribution in [3.05, 3.63) is 71.8 Å². The highest BCUT2D eigenvalue weighted by atomic mass is 14.8. The summed E-state index contributed by atoms with van der Waals surface area (Å²) in [5, 5.41) is 0. The predicted octanol–water partition coefficient (Wildman–Crippen LogP) is 4.71. The first-order valence-corrected chi connectivity index (χ1v) is 7.51. The fraction of sp³-hybridized carbons (Fsp3) is 0.316. The zero-order valence-electron chi connectivity index (χ0n) is 12.0. The topological polar surface area (TPSA) is 12.4 Å². The van der Waals surface area contributed by atoms with E-state index in [0.29, 0.717) is 6.04 Å². The van der Waals surface area contributed by atoms with Crippen molar-refractivity contribution in [3.63, 3.8) is 0 Å². The lowest BCUT2D eigenvalue weighted by Crippen LogP contribution is -2.09. The van der Waals surface area contributed by atoms with E-state index < -0.39 is 0 Å². The van der Waals surface area contributed by atoms with Crippen molar-refractivity contribution in [1.29, 1.82) is 0 Å². The summed E-state index contributed by atoms with van der Waals surface area (Å²) in [7, 11) is 0. The van der Waals surface area contributed by atoms with Crippen LogP contribution in [0.5, 0.6) is 0 Å². The number of rotatable bonds is 3. The Labute approximate surface area is 121 Å². The lowest BCUT2D eigenvalue weighted by molar-refractivity contribution is 0.595. The van der Waals surface area contributed by atoms with Gasteiger partial charge in [-0.1, -0.05) is 67.6 Å². The van der Waals surface area contributed by atoms with E-state index in [1.165, 1.54) is 30.4 Å². The molecule has 0 amide bonds. The second-order valence-electron chi connectivity index (χ2n) is 5.78. The molecule has 0 spiro atoms. The quantitative estimate of drug-likeness (QED) is 0.711. The summed E-state index contributed by atoms with van der Waals surface area (Å²) >= 11 is 0. The molecule has 1 aliphatic rings. The van der Waals surface area contributed by atoms with E-state index in [0.717, 1.165) is 11.6 Å². The number of hydrogen-bond acceptors (Lipinski definition) is 1. The van der Waals surface area contributed by atoms with Crippen LogP contribution in [-0.2, 0) is 0 Å². The standard InChI is InChI=1S/C19H21N/c1-15-12-13-18(14-15)20-19(16-8-4-2-5-9-16)17-10-6-3-7-11-17/h2-11,15,18H,12-14H2,1H3/t15-,18+/m0/s1.